The standard InChI is InChI=1S/C16H22O4S/c1-11-5-7-14(8-6-11)21(18)20-13-9-12(10-13)19-15(17)16(2,3)4/h5-8,12-13H,9-10H2,1-4H3/t12-,13+,21?. The fourth-order valence-electron chi connectivity index (χ4n) is 1.85. The fraction of sp³-hybridized carbons (Fsp3) is 0.562. The molecule has 21 heavy (non-hydrogen) atoms. The van der Waals surface area contributed by atoms with Crippen LogP contribution in [0.15, 0.2) is 29.2 Å². The second-order valence-electron chi connectivity index (χ2n) is 6.51. The Kier molecular flexibility index (Phi) is 4.84. The summed E-state index contributed by atoms with van der Waals surface area (Å²) in [6, 6.07) is 7.43. The quantitative estimate of drug-likeness (QED) is 0.802. The van der Waals surface area contributed by atoms with Gasteiger partial charge in [-0.05, 0) is 39.8 Å². The van der Waals surface area contributed by atoms with Crippen molar-refractivity contribution < 1.29 is 17.9 Å². The molecule has 0 bridgehead atoms. The van der Waals surface area contributed by atoms with Gasteiger partial charge in [0, 0.05) is 12.8 Å². The number of hydrogen-bond acceptors (Lipinski definition) is 4. The molecule has 0 amide bonds. The summed E-state index contributed by atoms with van der Waals surface area (Å²) in [4.78, 5) is 12.4. The smallest absolute Gasteiger partial charge is 0.311 e. The summed E-state index contributed by atoms with van der Waals surface area (Å²) in [7, 11) is 0. The number of benzene rings is 1. The molecule has 1 aliphatic carbocycles. The first kappa shape index (κ1) is 16.2. The number of aryl methyl sites for hydroxylation is 1. The van der Waals surface area contributed by atoms with Crippen LogP contribution in [0.25, 0.3) is 0 Å². The lowest BCUT2D eigenvalue weighted by atomic mass is 9.91. The minimum absolute atomic E-state index is 0.107. The molecule has 0 saturated heterocycles. The van der Waals surface area contributed by atoms with E-state index in [0.29, 0.717) is 17.7 Å². The van der Waals surface area contributed by atoms with Gasteiger partial charge in [0.15, 0.2) is 11.1 Å². The van der Waals surface area contributed by atoms with Gasteiger partial charge in [-0.15, -0.1) is 0 Å². The van der Waals surface area contributed by atoms with Crippen molar-refractivity contribution in [3.8, 4) is 0 Å². The zero-order valence-corrected chi connectivity index (χ0v) is 13.7. The monoisotopic (exact) mass is 310 g/mol. The first-order chi connectivity index (χ1) is 9.75. The molecule has 1 aliphatic rings. The number of ether oxygens (including phenoxy) is 1. The largest absolute Gasteiger partial charge is 0.462 e. The van der Waals surface area contributed by atoms with Gasteiger partial charge in [-0.25, -0.2) is 4.21 Å². The Balaban J connectivity index is 1.77. The molecule has 0 aromatic heterocycles. The van der Waals surface area contributed by atoms with E-state index >= 15 is 0 Å². The Morgan fingerprint density at radius 1 is 1.14 bits per heavy atom. The molecule has 0 radical (unpaired) electrons. The van der Waals surface area contributed by atoms with E-state index in [0.717, 1.165) is 5.56 Å². The van der Waals surface area contributed by atoms with Crippen molar-refractivity contribution in [2.45, 2.75) is 57.6 Å². The summed E-state index contributed by atoms with van der Waals surface area (Å²) in [5.41, 5.74) is 0.630. The normalized spacial score (nSPS) is 23.2. The van der Waals surface area contributed by atoms with E-state index in [1.807, 2.05) is 39.8 Å². The first-order valence-corrected chi connectivity index (χ1v) is 8.20. The molecule has 0 aliphatic heterocycles. The van der Waals surface area contributed by atoms with Crippen LogP contribution in [0.3, 0.4) is 0 Å². The maximum Gasteiger partial charge on any atom is 0.311 e. The third-order valence-electron chi connectivity index (χ3n) is 3.37. The molecule has 2 rings (SSSR count). The molecular formula is C16H22O4S. The molecular weight excluding hydrogens is 288 g/mol. The lowest BCUT2D eigenvalue weighted by Crippen LogP contribution is -2.41. The van der Waals surface area contributed by atoms with E-state index in [2.05, 4.69) is 0 Å². The van der Waals surface area contributed by atoms with Gasteiger partial charge in [-0.3, -0.25) is 8.98 Å². The van der Waals surface area contributed by atoms with Crippen molar-refractivity contribution in [2.75, 3.05) is 0 Å². The number of carbonyl (C=O) groups is 1. The zero-order valence-electron chi connectivity index (χ0n) is 12.9. The maximum absolute atomic E-state index is 12.0. The van der Waals surface area contributed by atoms with Crippen LogP contribution in [0, 0.1) is 12.3 Å². The highest BCUT2D eigenvalue weighted by atomic mass is 32.2. The van der Waals surface area contributed by atoms with Crippen LogP contribution in [0.1, 0.15) is 39.2 Å². The highest BCUT2D eigenvalue weighted by Crippen LogP contribution is 2.30. The highest BCUT2D eigenvalue weighted by Gasteiger charge is 2.37. The summed E-state index contributed by atoms with van der Waals surface area (Å²) < 4.78 is 22.9. The van der Waals surface area contributed by atoms with Crippen molar-refractivity contribution in [3.05, 3.63) is 29.8 Å². The minimum Gasteiger partial charge on any atom is -0.462 e. The molecule has 1 fully saturated rings. The SMILES string of the molecule is Cc1ccc(S(=O)O[C@H]2C[C@@H](OC(=O)C(C)(C)C)C2)cc1. The van der Waals surface area contributed by atoms with E-state index in [1.54, 1.807) is 12.1 Å². The molecule has 4 nitrogen and oxygen atoms in total. The van der Waals surface area contributed by atoms with Gasteiger partial charge >= 0.3 is 5.97 Å². The van der Waals surface area contributed by atoms with Gasteiger partial charge in [-0.2, -0.15) is 0 Å². The third kappa shape index (κ3) is 4.38. The highest BCUT2D eigenvalue weighted by molar-refractivity contribution is 7.80. The molecule has 1 saturated carbocycles. The van der Waals surface area contributed by atoms with Gasteiger partial charge in [0.05, 0.1) is 16.4 Å². The van der Waals surface area contributed by atoms with Crippen molar-refractivity contribution in [1.29, 1.82) is 0 Å². The van der Waals surface area contributed by atoms with Crippen LogP contribution >= 0.6 is 0 Å². The van der Waals surface area contributed by atoms with E-state index in [1.165, 1.54) is 0 Å². The third-order valence-corrected chi connectivity index (χ3v) is 4.48. The van der Waals surface area contributed by atoms with Gasteiger partial charge in [0.1, 0.15) is 6.10 Å². The van der Waals surface area contributed by atoms with E-state index in [4.69, 9.17) is 8.92 Å². The summed E-state index contributed by atoms with van der Waals surface area (Å²) >= 11 is -1.46. The van der Waals surface area contributed by atoms with Crippen LogP contribution < -0.4 is 0 Å². The second-order valence-corrected chi connectivity index (χ2v) is 7.65. The predicted molar refractivity (Wildman–Crippen MR) is 81.0 cm³/mol. The minimum atomic E-state index is -1.46. The Bertz CT molecular complexity index is 524. The molecule has 1 aromatic rings. The molecule has 1 aromatic carbocycles. The average molecular weight is 310 g/mol. The number of carbonyl (C=O) groups excluding carboxylic acids is 1. The van der Waals surface area contributed by atoms with Crippen LogP contribution in [-0.2, 0) is 24.8 Å². The molecule has 5 heteroatoms. The zero-order chi connectivity index (χ0) is 15.6. The van der Waals surface area contributed by atoms with Crippen LogP contribution in [0.5, 0.6) is 0 Å². The van der Waals surface area contributed by atoms with Crippen LogP contribution in [0.4, 0.5) is 0 Å². The molecule has 116 valence electrons. The van der Waals surface area contributed by atoms with Crippen molar-refractivity contribution in [1.82, 2.24) is 0 Å². The number of hydrogen-bond donors (Lipinski definition) is 0. The summed E-state index contributed by atoms with van der Waals surface area (Å²) in [6.45, 7) is 7.46. The predicted octanol–water partition coefficient (Wildman–Crippen LogP) is 3.15. The van der Waals surface area contributed by atoms with Gasteiger partial charge < -0.3 is 4.74 Å². The molecule has 0 heterocycles. The second kappa shape index (κ2) is 6.28. The summed E-state index contributed by atoms with van der Waals surface area (Å²) in [6.07, 6.45) is 1.00. The summed E-state index contributed by atoms with van der Waals surface area (Å²) in [5.74, 6) is -0.203. The molecule has 0 N–H and O–H groups in total. The van der Waals surface area contributed by atoms with Crippen molar-refractivity contribution in [3.63, 3.8) is 0 Å². The fourth-order valence-corrected chi connectivity index (χ4v) is 2.72. The lowest BCUT2D eigenvalue weighted by Gasteiger charge is -2.35. The average Bonchev–Trinajstić information content (AvgIpc) is 2.35. The lowest BCUT2D eigenvalue weighted by molar-refractivity contribution is -0.166. The molecule has 1 atom stereocenters. The topological polar surface area (TPSA) is 52.6 Å². The van der Waals surface area contributed by atoms with E-state index < -0.39 is 16.5 Å². The Labute approximate surface area is 128 Å². The summed E-state index contributed by atoms with van der Waals surface area (Å²) in [5, 5.41) is 0. The van der Waals surface area contributed by atoms with Gasteiger partial charge in [0.25, 0.3) is 0 Å². The van der Waals surface area contributed by atoms with Crippen LogP contribution in [0.2, 0.25) is 0 Å². The number of esters is 1. The van der Waals surface area contributed by atoms with E-state index in [-0.39, 0.29) is 18.2 Å². The number of rotatable bonds is 4. The van der Waals surface area contributed by atoms with Gasteiger partial charge in [-0.1, -0.05) is 17.7 Å². The molecule has 0 spiro atoms. The van der Waals surface area contributed by atoms with E-state index in [9.17, 15) is 9.00 Å². The van der Waals surface area contributed by atoms with Crippen molar-refractivity contribution >= 4 is 17.0 Å². The maximum atomic E-state index is 12.0. The Morgan fingerprint density at radius 2 is 1.71 bits per heavy atom. The van der Waals surface area contributed by atoms with Crippen LogP contribution in [-0.4, -0.2) is 22.4 Å². The molecule has 1 unspecified atom stereocenters. The van der Waals surface area contributed by atoms with Crippen molar-refractivity contribution in [2.24, 2.45) is 5.41 Å². The first-order valence-electron chi connectivity index (χ1n) is 7.12. The van der Waals surface area contributed by atoms with Gasteiger partial charge in [0.2, 0.25) is 0 Å². The Morgan fingerprint density at radius 3 is 2.24 bits per heavy atom. The Hall–Kier alpha value is -1.20.